The van der Waals surface area contributed by atoms with Crippen molar-refractivity contribution in [1.29, 1.82) is 0 Å². The van der Waals surface area contributed by atoms with Gasteiger partial charge in [-0.05, 0) is 42.7 Å². The molecule has 1 N–H and O–H groups in total. The predicted molar refractivity (Wildman–Crippen MR) is 73.5 cm³/mol. The maximum Gasteiger partial charge on any atom is 0.105 e. The lowest BCUT2D eigenvalue weighted by Crippen LogP contribution is -2.28. The van der Waals surface area contributed by atoms with Gasteiger partial charge in [-0.2, -0.15) is 0 Å². The fourth-order valence-electron chi connectivity index (χ4n) is 2.61. The van der Waals surface area contributed by atoms with Gasteiger partial charge in [0.15, 0.2) is 0 Å². The van der Waals surface area contributed by atoms with Crippen molar-refractivity contribution >= 4 is 0 Å². The number of aliphatic hydroxyl groups excluding tert-OH is 1. The zero-order chi connectivity index (χ0) is 13.0. The molecule has 0 amide bonds. The summed E-state index contributed by atoms with van der Waals surface area (Å²) in [5.41, 5.74) is 2.32. The largest absolute Gasteiger partial charge is 0.386 e. The molecule has 1 aromatic rings. The molecular formula is C16H24O2. The number of hydrogen-bond donors (Lipinski definition) is 1. The lowest BCUT2D eigenvalue weighted by Gasteiger charge is -2.30. The maximum atomic E-state index is 10.3. The molecule has 1 aromatic carbocycles. The van der Waals surface area contributed by atoms with Gasteiger partial charge in [-0.3, -0.25) is 0 Å². The van der Waals surface area contributed by atoms with Crippen LogP contribution in [0, 0.1) is 5.92 Å². The van der Waals surface area contributed by atoms with Gasteiger partial charge in [0.1, 0.15) is 6.10 Å². The highest BCUT2D eigenvalue weighted by molar-refractivity contribution is 5.32. The second-order valence-electron chi connectivity index (χ2n) is 5.63. The number of aryl methyl sites for hydroxylation is 1. The summed E-state index contributed by atoms with van der Waals surface area (Å²) >= 11 is 0. The van der Waals surface area contributed by atoms with Crippen LogP contribution in [0.3, 0.4) is 0 Å². The molecule has 0 fully saturated rings. The normalized spacial score (nSPS) is 23.1. The van der Waals surface area contributed by atoms with E-state index < -0.39 is 6.10 Å². The van der Waals surface area contributed by atoms with E-state index in [4.69, 9.17) is 4.74 Å². The van der Waals surface area contributed by atoms with E-state index >= 15 is 0 Å². The highest BCUT2D eigenvalue weighted by atomic mass is 16.5. The Morgan fingerprint density at radius 2 is 2.11 bits per heavy atom. The van der Waals surface area contributed by atoms with E-state index in [2.05, 4.69) is 19.9 Å². The predicted octanol–water partition coefficient (Wildman–Crippen LogP) is 3.49. The van der Waals surface area contributed by atoms with Crippen LogP contribution in [-0.4, -0.2) is 17.8 Å². The van der Waals surface area contributed by atoms with E-state index in [-0.39, 0.29) is 6.10 Å². The van der Waals surface area contributed by atoms with Crippen LogP contribution in [0.1, 0.15) is 50.3 Å². The minimum absolute atomic E-state index is 0.0212. The topological polar surface area (TPSA) is 29.5 Å². The van der Waals surface area contributed by atoms with Crippen molar-refractivity contribution < 1.29 is 9.84 Å². The first-order valence-corrected chi connectivity index (χ1v) is 7.06. The summed E-state index contributed by atoms with van der Waals surface area (Å²) < 4.78 is 5.85. The summed E-state index contributed by atoms with van der Waals surface area (Å²) in [7, 11) is 0. The van der Waals surface area contributed by atoms with Gasteiger partial charge in [0.05, 0.1) is 6.10 Å². The molecule has 0 aliphatic heterocycles. The summed E-state index contributed by atoms with van der Waals surface area (Å²) in [6, 6.07) is 8.15. The zero-order valence-electron chi connectivity index (χ0n) is 11.4. The van der Waals surface area contributed by atoms with Gasteiger partial charge in [-0.15, -0.1) is 0 Å². The Bertz CT molecular complexity index is 373. The van der Waals surface area contributed by atoms with Crippen molar-refractivity contribution in [1.82, 2.24) is 0 Å². The number of ether oxygens (including phenoxy) is 1. The molecule has 2 heteroatoms. The molecule has 2 unspecified atom stereocenters. The molecule has 1 aliphatic carbocycles. The van der Waals surface area contributed by atoms with Gasteiger partial charge in [-0.25, -0.2) is 0 Å². The summed E-state index contributed by atoms with van der Waals surface area (Å²) in [4.78, 5) is 0. The molecule has 0 heterocycles. The minimum Gasteiger partial charge on any atom is -0.386 e. The van der Waals surface area contributed by atoms with Gasteiger partial charge in [0.2, 0.25) is 0 Å². The van der Waals surface area contributed by atoms with Crippen molar-refractivity contribution in [2.45, 2.75) is 51.7 Å². The molecule has 18 heavy (non-hydrogen) atoms. The highest BCUT2D eigenvalue weighted by Crippen LogP contribution is 2.31. The van der Waals surface area contributed by atoms with E-state index in [1.165, 1.54) is 12.0 Å². The molecule has 2 atom stereocenters. The van der Waals surface area contributed by atoms with Gasteiger partial charge < -0.3 is 9.84 Å². The first-order chi connectivity index (χ1) is 8.68. The molecular weight excluding hydrogens is 224 g/mol. The Labute approximate surface area is 110 Å². The Morgan fingerprint density at radius 3 is 2.89 bits per heavy atom. The standard InChI is InChI=1S/C16H24O2/c1-12(2)6-5-11-18-15-10-9-13-7-3-4-8-14(13)16(15)17/h3-4,7-8,12,15-17H,5-6,9-11H2,1-2H3. The molecule has 0 spiro atoms. The van der Waals surface area contributed by atoms with Crippen LogP contribution in [0.25, 0.3) is 0 Å². The Balaban J connectivity index is 1.85. The summed E-state index contributed by atoms with van der Waals surface area (Å²) in [5, 5.41) is 10.3. The lowest BCUT2D eigenvalue weighted by molar-refractivity contribution is -0.0497. The van der Waals surface area contributed by atoms with E-state index in [9.17, 15) is 5.11 Å². The quantitative estimate of drug-likeness (QED) is 0.808. The first-order valence-electron chi connectivity index (χ1n) is 7.06. The molecule has 0 saturated carbocycles. The van der Waals surface area contributed by atoms with Crippen molar-refractivity contribution in [3.05, 3.63) is 35.4 Å². The second-order valence-corrected chi connectivity index (χ2v) is 5.63. The van der Waals surface area contributed by atoms with Crippen LogP contribution < -0.4 is 0 Å². The van der Waals surface area contributed by atoms with E-state index in [1.807, 2.05) is 18.2 Å². The SMILES string of the molecule is CC(C)CCCOC1CCc2ccccc2C1O. The van der Waals surface area contributed by atoms with Crippen molar-refractivity contribution in [2.75, 3.05) is 6.61 Å². The Morgan fingerprint density at radius 1 is 1.33 bits per heavy atom. The molecule has 0 bridgehead atoms. The second kappa shape index (κ2) is 6.35. The zero-order valence-corrected chi connectivity index (χ0v) is 11.4. The number of aliphatic hydroxyl groups is 1. The third-order valence-electron chi connectivity index (χ3n) is 3.68. The number of fused-ring (bicyclic) bond motifs is 1. The van der Waals surface area contributed by atoms with E-state index in [0.29, 0.717) is 0 Å². The lowest BCUT2D eigenvalue weighted by atomic mass is 9.87. The summed E-state index contributed by atoms with van der Waals surface area (Å²) in [5.74, 6) is 0.727. The highest BCUT2D eigenvalue weighted by Gasteiger charge is 2.27. The van der Waals surface area contributed by atoms with Gasteiger partial charge in [0.25, 0.3) is 0 Å². The summed E-state index contributed by atoms with van der Waals surface area (Å²) in [6.07, 6.45) is 3.75. The van der Waals surface area contributed by atoms with Crippen LogP contribution >= 0.6 is 0 Å². The van der Waals surface area contributed by atoms with Gasteiger partial charge >= 0.3 is 0 Å². The van der Waals surface area contributed by atoms with E-state index in [1.54, 1.807) is 0 Å². The van der Waals surface area contributed by atoms with Crippen LogP contribution in [0.4, 0.5) is 0 Å². The van der Waals surface area contributed by atoms with Crippen molar-refractivity contribution in [3.63, 3.8) is 0 Å². The van der Waals surface area contributed by atoms with E-state index in [0.717, 1.165) is 37.4 Å². The van der Waals surface area contributed by atoms with Crippen molar-refractivity contribution in [3.8, 4) is 0 Å². The average Bonchev–Trinajstić information content (AvgIpc) is 2.37. The number of benzene rings is 1. The van der Waals surface area contributed by atoms with Crippen LogP contribution in [-0.2, 0) is 11.2 Å². The van der Waals surface area contributed by atoms with Gasteiger partial charge in [0, 0.05) is 6.61 Å². The molecule has 0 aromatic heterocycles. The monoisotopic (exact) mass is 248 g/mol. The molecule has 2 nitrogen and oxygen atoms in total. The maximum absolute atomic E-state index is 10.3. The average molecular weight is 248 g/mol. The third kappa shape index (κ3) is 3.33. The molecule has 0 radical (unpaired) electrons. The van der Waals surface area contributed by atoms with Crippen molar-refractivity contribution in [2.24, 2.45) is 5.92 Å². The van der Waals surface area contributed by atoms with Crippen LogP contribution in [0.2, 0.25) is 0 Å². The Hall–Kier alpha value is -0.860. The Kier molecular flexibility index (Phi) is 4.79. The molecule has 0 saturated heterocycles. The first kappa shape index (κ1) is 13.6. The van der Waals surface area contributed by atoms with Gasteiger partial charge in [-0.1, -0.05) is 38.1 Å². The molecule has 100 valence electrons. The smallest absolute Gasteiger partial charge is 0.105 e. The molecule has 2 rings (SSSR count). The fourth-order valence-corrected chi connectivity index (χ4v) is 2.61. The number of rotatable bonds is 5. The number of hydrogen-bond acceptors (Lipinski definition) is 2. The van der Waals surface area contributed by atoms with Crippen LogP contribution in [0.15, 0.2) is 24.3 Å². The minimum atomic E-state index is -0.450. The summed E-state index contributed by atoms with van der Waals surface area (Å²) in [6.45, 7) is 5.22. The fraction of sp³-hybridized carbons (Fsp3) is 0.625. The van der Waals surface area contributed by atoms with Crippen LogP contribution in [0.5, 0.6) is 0 Å². The molecule has 1 aliphatic rings. The third-order valence-corrected chi connectivity index (χ3v) is 3.68.